The van der Waals surface area contributed by atoms with Crippen molar-refractivity contribution in [2.24, 2.45) is 0 Å². The van der Waals surface area contributed by atoms with Crippen LogP contribution in [0.2, 0.25) is 0 Å². The fraction of sp³-hybridized carbons (Fsp3) is 0.667. The van der Waals surface area contributed by atoms with E-state index in [1.165, 1.54) is 19.3 Å². The van der Waals surface area contributed by atoms with Gasteiger partial charge in [-0.2, -0.15) is 0 Å². The molecule has 0 spiro atoms. The van der Waals surface area contributed by atoms with Gasteiger partial charge >= 0.3 is 0 Å². The molecule has 1 nitrogen and oxygen atoms in total. The summed E-state index contributed by atoms with van der Waals surface area (Å²) >= 11 is 0. The molecule has 0 saturated carbocycles. The maximum absolute atomic E-state index is 10.0. The third-order valence-electron chi connectivity index (χ3n) is 2.75. The number of hydrogen-bond donors (Lipinski definition) is 1. The van der Waals surface area contributed by atoms with Crippen LogP contribution in [0, 0.1) is 0 Å². The van der Waals surface area contributed by atoms with Gasteiger partial charge in [0, 0.05) is 0 Å². The minimum absolute atomic E-state index is 0.645. The van der Waals surface area contributed by atoms with E-state index < -0.39 is 5.60 Å². The molecule has 0 aromatic heterocycles. The van der Waals surface area contributed by atoms with Gasteiger partial charge in [-0.15, -0.1) is 6.58 Å². The van der Waals surface area contributed by atoms with Crippen molar-refractivity contribution in [3.05, 3.63) is 24.8 Å². The molecule has 0 saturated heterocycles. The van der Waals surface area contributed by atoms with Crippen molar-refractivity contribution in [3.63, 3.8) is 0 Å². The van der Waals surface area contributed by atoms with Gasteiger partial charge in [-0.25, -0.2) is 0 Å². The van der Waals surface area contributed by atoms with E-state index in [4.69, 9.17) is 0 Å². The Bertz CT molecular complexity index is 184. The molecule has 1 aliphatic rings. The van der Waals surface area contributed by atoms with Crippen molar-refractivity contribution in [3.8, 4) is 0 Å². The SMILES string of the molecule is C=CC1(O)C/C=C/CCCCCC1. The average Bonchev–Trinajstić information content (AvgIpc) is 2.16. The van der Waals surface area contributed by atoms with Crippen molar-refractivity contribution in [2.75, 3.05) is 0 Å². The summed E-state index contributed by atoms with van der Waals surface area (Å²) in [4.78, 5) is 0. The van der Waals surface area contributed by atoms with Gasteiger partial charge in [0.25, 0.3) is 0 Å². The zero-order chi connectivity index (χ0) is 9.57. The lowest BCUT2D eigenvalue weighted by Gasteiger charge is -2.23. The van der Waals surface area contributed by atoms with Gasteiger partial charge in [0.1, 0.15) is 0 Å². The predicted octanol–water partition coefficient (Wildman–Crippen LogP) is 3.20. The predicted molar refractivity (Wildman–Crippen MR) is 56.6 cm³/mol. The van der Waals surface area contributed by atoms with E-state index in [1.54, 1.807) is 6.08 Å². The van der Waals surface area contributed by atoms with Crippen molar-refractivity contribution in [2.45, 2.75) is 50.5 Å². The summed E-state index contributed by atoms with van der Waals surface area (Å²) in [6, 6.07) is 0. The summed E-state index contributed by atoms with van der Waals surface area (Å²) in [5.74, 6) is 0. The molecule has 1 rings (SSSR count). The Hall–Kier alpha value is -0.560. The fourth-order valence-corrected chi connectivity index (χ4v) is 1.74. The Kier molecular flexibility index (Phi) is 4.23. The first-order valence-corrected chi connectivity index (χ1v) is 5.28. The molecule has 0 radical (unpaired) electrons. The lowest BCUT2D eigenvalue weighted by atomic mass is 9.91. The molecule has 0 aromatic rings. The molecule has 0 amide bonds. The highest BCUT2D eigenvalue weighted by atomic mass is 16.3. The highest BCUT2D eigenvalue weighted by Gasteiger charge is 2.20. The van der Waals surface area contributed by atoms with Crippen LogP contribution in [0.4, 0.5) is 0 Å². The molecule has 0 fully saturated rings. The number of allylic oxidation sites excluding steroid dienone is 1. The number of rotatable bonds is 1. The summed E-state index contributed by atoms with van der Waals surface area (Å²) in [7, 11) is 0. The first kappa shape index (κ1) is 10.5. The zero-order valence-corrected chi connectivity index (χ0v) is 8.34. The van der Waals surface area contributed by atoms with Gasteiger partial charge in [-0.1, -0.05) is 37.5 Å². The van der Waals surface area contributed by atoms with E-state index >= 15 is 0 Å². The van der Waals surface area contributed by atoms with E-state index in [-0.39, 0.29) is 0 Å². The average molecular weight is 180 g/mol. The third-order valence-corrected chi connectivity index (χ3v) is 2.75. The fourth-order valence-electron chi connectivity index (χ4n) is 1.74. The molecule has 0 heterocycles. The highest BCUT2D eigenvalue weighted by molar-refractivity contribution is 5.01. The second-order valence-electron chi connectivity index (χ2n) is 3.94. The molecular weight excluding hydrogens is 160 g/mol. The Labute approximate surface area is 81.2 Å². The van der Waals surface area contributed by atoms with Crippen LogP contribution in [0.25, 0.3) is 0 Å². The van der Waals surface area contributed by atoms with Crippen molar-refractivity contribution < 1.29 is 5.11 Å². The minimum atomic E-state index is -0.645. The molecule has 1 aliphatic carbocycles. The minimum Gasteiger partial charge on any atom is -0.385 e. The Morgan fingerprint density at radius 3 is 2.69 bits per heavy atom. The molecular formula is C12H20O. The maximum Gasteiger partial charge on any atom is 0.0859 e. The van der Waals surface area contributed by atoms with E-state index in [1.807, 2.05) is 0 Å². The van der Waals surface area contributed by atoms with Crippen LogP contribution in [-0.2, 0) is 0 Å². The van der Waals surface area contributed by atoms with Crippen molar-refractivity contribution in [1.82, 2.24) is 0 Å². The van der Waals surface area contributed by atoms with E-state index in [2.05, 4.69) is 18.7 Å². The van der Waals surface area contributed by atoms with Gasteiger partial charge in [-0.05, 0) is 25.7 Å². The van der Waals surface area contributed by atoms with Crippen LogP contribution < -0.4 is 0 Å². The lowest BCUT2D eigenvalue weighted by molar-refractivity contribution is 0.0815. The second kappa shape index (κ2) is 5.23. The number of hydrogen-bond acceptors (Lipinski definition) is 1. The largest absolute Gasteiger partial charge is 0.385 e. The van der Waals surface area contributed by atoms with E-state index in [0.717, 1.165) is 25.7 Å². The quantitative estimate of drug-likeness (QED) is 0.614. The standard InChI is InChI=1S/C12H20O/c1-2-12(13)10-8-6-4-3-5-7-9-11-12/h2,6,8,13H,1,3-5,7,9-11H2/b8-6+. The second-order valence-corrected chi connectivity index (χ2v) is 3.94. The van der Waals surface area contributed by atoms with Crippen molar-refractivity contribution in [1.29, 1.82) is 0 Å². The van der Waals surface area contributed by atoms with Gasteiger partial charge in [0.15, 0.2) is 0 Å². The molecule has 0 aliphatic heterocycles. The summed E-state index contributed by atoms with van der Waals surface area (Å²) in [5, 5.41) is 10.0. The van der Waals surface area contributed by atoms with Gasteiger partial charge in [0.05, 0.1) is 5.60 Å². The topological polar surface area (TPSA) is 20.2 Å². The van der Waals surface area contributed by atoms with Crippen LogP contribution in [0.1, 0.15) is 44.9 Å². The molecule has 13 heavy (non-hydrogen) atoms. The first-order chi connectivity index (χ1) is 6.27. The van der Waals surface area contributed by atoms with Gasteiger partial charge in [0.2, 0.25) is 0 Å². The Balaban J connectivity index is 2.52. The van der Waals surface area contributed by atoms with Gasteiger partial charge < -0.3 is 5.11 Å². The molecule has 74 valence electrons. The third kappa shape index (κ3) is 3.77. The van der Waals surface area contributed by atoms with Crippen LogP contribution >= 0.6 is 0 Å². The highest BCUT2D eigenvalue weighted by Crippen LogP contribution is 2.22. The molecule has 1 unspecified atom stereocenters. The van der Waals surface area contributed by atoms with Crippen LogP contribution in [0.15, 0.2) is 24.8 Å². The maximum atomic E-state index is 10.0. The normalized spacial score (nSPS) is 33.6. The molecule has 1 N–H and O–H groups in total. The molecule has 1 heteroatoms. The monoisotopic (exact) mass is 180 g/mol. The Morgan fingerprint density at radius 1 is 1.15 bits per heavy atom. The van der Waals surface area contributed by atoms with Crippen LogP contribution in [0.5, 0.6) is 0 Å². The first-order valence-electron chi connectivity index (χ1n) is 5.28. The lowest BCUT2D eigenvalue weighted by Crippen LogP contribution is -2.24. The summed E-state index contributed by atoms with van der Waals surface area (Å²) in [6.45, 7) is 3.70. The van der Waals surface area contributed by atoms with Crippen LogP contribution in [-0.4, -0.2) is 10.7 Å². The van der Waals surface area contributed by atoms with E-state index in [0.29, 0.717) is 0 Å². The summed E-state index contributed by atoms with van der Waals surface area (Å²) < 4.78 is 0. The molecule has 1 atom stereocenters. The zero-order valence-electron chi connectivity index (χ0n) is 8.34. The summed E-state index contributed by atoms with van der Waals surface area (Å²) in [5.41, 5.74) is -0.645. The summed E-state index contributed by atoms with van der Waals surface area (Å²) in [6.07, 6.45) is 13.7. The van der Waals surface area contributed by atoms with Gasteiger partial charge in [-0.3, -0.25) is 0 Å². The number of aliphatic hydroxyl groups is 1. The van der Waals surface area contributed by atoms with E-state index in [9.17, 15) is 5.11 Å². The molecule has 0 aromatic carbocycles. The Morgan fingerprint density at radius 2 is 1.92 bits per heavy atom. The van der Waals surface area contributed by atoms with Crippen LogP contribution in [0.3, 0.4) is 0 Å². The molecule has 0 bridgehead atoms. The van der Waals surface area contributed by atoms with Crippen molar-refractivity contribution >= 4 is 0 Å². The smallest absolute Gasteiger partial charge is 0.0859 e.